The number of fused-ring (bicyclic) bond motifs is 1. The molecule has 2 aromatic heterocycles. The maximum atomic E-state index is 12.1. The Bertz CT molecular complexity index is 1020. The average molecular weight is 334 g/mol. The van der Waals surface area contributed by atoms with Crippen LogP contribution in [0.25, 0.3) is 28.3 Å². The number of nitrogens with one attached hydrogen (secondary N) is 2. The van der Waals surface area contributed by atoms with Crippen LogP contribution in [0.5, 0.6) is 0 Å². The normalized spacial score (nSPS) is 15.7. The predicted octanol–water partition coefficient (Wildman–Crippen LogP) is 1.69. The van der Waals surface area contributed by atoms with Crippen LogP contribution in [0.3, 0.4) is 0 Å². The minimum absolute atomic E-state index is 0.0575. The van der Waals surface area contributed by atoms with Gasteiger partial charge in [-0.2, -0.15) is 10.4 Å². The van der Waals surface area contributed by atoms with Crippen molar-refractivity contribution < 1.29 is 9.21 Å². The first kappa shape index (κ1) is 15.0. The number of benzene rings is 1. The molecule has 0 bridgehead atoms. The molecule has 0 spiro atoms. The third-order valence-electron chi connectivity index (χ3n) is 4.10. The number of carbonyl (C=O) groups excluding carboxylic acids is 1. The van der Waals surface area contributed by atoms with Gasteiger partial charge in [0.2, 0.25) is 5.89 Å². The molecule has 2 heterocycles. The first-order chi connectivity index (χ1) is 12.1. The number of hydrogen-bond donors (Lipinski definition) is 3. The Hall–Kier alpha value is -3.60. The van der Waals surface area contributed by atoms with Gasteiger partial charge in [-0.1, -0.05) is 12.1 Å². The van der Waals surface area contributed by atoms with Gasteiger partial charge in [-0.3, -0.25) is 9.89 Å². The summed E-state index contributed by atoms with van der Waals surface area (Å²) in [6.07, 6.45) is 6.09. The molecule has 4 rings (SSSR count). The van der Waals surface area contributed by atoms with Crippen molar-refractivity contribution in [3.05, 3.63) is 42.2 Å². The minimum Gasteiger partial charge on any atom is -0.437 e. The lowest BCUT2D eigenvalue weighted by atomic mass is 10.1. The Kier molecular flexibility index (Phi) is 3.28. The molecule has 8 nitrogen and oxygen atoms in total. The largest absolute Gasteiger partial charge is 0.437 e. The highest BCUT2D eigenvalue weighted by Crippen LogP contribution is 2.34. The van der Waals surface area contributed by atoms with Crippen molar-refractivity contribution in [3.8, 4) is 17.2 Å². The lowest BCUT2D eigenvalue weighted by molar-refractivity contribution is -0.118. The van der Waals surface area contributed by atoms with Crippen LogP contribution >= 0.6 is 0 Å². The van der Waals surface area contributed by atoms with Crippen LogP contribution in [0, 0.1) is 11.3 Å². The van der Waals surface area contributed by atoms with E-state index in [1.165, 1.54) is 6.08 Å². The van der Waals surface area contributed by atoms with E-state index in [9.17, 15) is 4.79 Å². The van der Waals surface area contributed by atoms with Crippen molar-refractivity contribution in [1.29, 1.82) is 5.26 Å². The van der Waals surface area contributed by atoms with E-state index in [2.05, 4.69) is 26.6 Å². The van der Waals surface area contributed by atoms with Gasteiger partial charge in [-0.15, -0.1) is 0 Å². The van der Waals surface area contributed by atoms with E-state index in [0.29, 0.717) is 23.9 Å². The summed E-state index contributed by atoms with van der Waals surface area (Å²) < 4.78 is 5.66. The molecule has 1 fully saturated rings. The van der Waals surface area contributed by atoms with Gasteiger partial charge >= 0.3 is 0 Å². The van der Waals surface area contributed by atoms with Crippen LogP contribution < -0.4 is 11.1 Å². The fraction of sp³-hybridized carbons (Fsp3) is 0.176. The molecule has 0 aliphatic heterocycles. The number of nitrogens with two attached hydrogens (primary N) is 1. The summed E-state index contributed by atoms with van der Waals surface area (Å²) in [6, 6.07) is 7.63. The molecule has 1 aromatic carbocycles. The van der Waals surface area contributed by atoms with Crippen molar-refractivity contribution in [2.75, 3.05) is 0 Å². The topological polar surface area (TPSA) is 134 Å². The highest BCUT2D eigenvalue weighted by molar-refractivity contribution is 5.98. The van der Waals surface area contributed by atoms with E-state index < -0.39 is 11.4 Å². The number of oxazole rings is 1. The van der Waals surface area contributed by atoms with Gasteiger partial charge in [0, 0.05) is 23.4 Å². The van der Waals surface area contributed by atoms with Gasteiger partial charge in [0.1, 0.15) is 16.8 Å². The summed E-state index contributed by atoms with van der Waals surface area (Å²) in [7, 11) is 0. The molecule has 124 valence electrons. The van der Waals surface area contributed by atoms with Crippen molar-refractivity contribution in [2.24, 2.45) is 5.73 Å². The predicted molar refractivity (Wildman–Crippen MR) is 89.5 cm³/mol. The molecular weight excluding hydrogens is 320 g/mol. The van der Waals surface area contributed by atoms with Crippen LogP contribution in [-0.4, -0.2) is 26.6 Å². The second-order valence-electron chi connectivity index (χ2n) is 5.94. The fourth-order valence-corrected chi connectivity index (χ4v) is 2.54. The van der Waals surface area contributed by atoms with E-state index in [-0.39, 0.29) is 11.6 Å². The summed E-state index contributed by atoms with van der Waals surface area (Å²) >= 11 is 0. The van der Waals surface area contributed by atoms with E-state index in [1.807, 2.05) is 12.1 Å². The van der Waals surface area contributed by atoms with Crippen molar-refractivity contribution in [3.63, 3.8) is 0 Å². The molecule has 25 heavy (non-hydrogen) atoms. The Balaban J connectivity index is 1.65. The number of rotatable bonds is 4. The molecule has 8 heteroatoms. The highest BCUT2D eigenvalue weighted by Gasteiger charge is 2.44. The standard InChI is InChI=1S/C17H14N6O2/c18-9-17(4-5-17)23-16(24)12(19)6-14-22-15-11(10-7-20-21-8-10)2-1-3-13(15)25-14/h1-3,6-8H,4-5,19H2,(H,20,21)(H,23,24)/b12-6-. The summed E-state index contributed by atoms with van der Waals surface area (Å²) in [4.78, 5) is 16.5. The van der Waals surface area contributed by atoms with Gasteiger partial charge in [0.05, 0.1) is 12.3 Å². The maximum Gasteiger partial charge on any atom is 0.268 e. The van der Waals surface area contributed by atoms with Crippen LogP contribution in [0.2, 0.25) is 0 Å². The Morgan fingerprint density at radius 3 is 3.00 bits per heavy atom. The molecule has 1 aliphatic carbocycles. The monoisotopic (exact) mass is 334 g/mol. The summed E-state index contributed by atoms with van der Waals surface area (Å²) in [6.45, 7) is 0. The zero-order valence-corrected chi connectivity index (χ0v) is 13.1. The number of aromatic amines is 1. The van der Waals surface area contributed by atoms with Crippen LogP contribution in [-0.2, 0) is 4.79 Å². The number of aromatic nitrogens is 3. The van der Waals surface area contributed by atoms with Crippen LogP contribution in [0.1, 0.15) is 18.7 Å². The summed E-state index contributed by atoms with van der Waals surface area (Å²) in [5.41, 5.74) is 7.96. The van der Waals surface area contributed by atoms with E-state index in [0.717, 1.165) is 11.1 Å². The van der Waals surface area contributed by atoms with Crippen molar-refractivity contribution >= 4 is 23.1 Å². The summed E-state index contributed by atoms with van der Waals surface area (Å²) in [5, 5.41) is 18.4. The number of nitriles is 1. The third-order valence-corrected chi connectivity index (χ3v) is 4.10. The number of amides is 1. The average Bonchev–Trinajstić information content (AvgIpc) is 3.01. The van der Waals surface area contributed by atoms with E-state index >= 15 is 0 Å². The number of para-hydroxylation sites is 1. The van der Waals surface area contributed by atoms with Crippen LogP contribution in [0.15, 0.2) is 40.7 Å². The SMILES string of the molecule is N#CC1(NC(=O)/C(N)=C/c2nc3c(-c4cn[nH]c4)cccc3o2)CC1. The lowest BCUT2D eigenvalue weighted by Gasteiger charge is -2.08. The highest BCUT2D eigenvalue weighted by atomic mass is 16.3. The number of H-pyrrole nitrogens is 1. The second-order valence-corrected chi connectivity index (χ2v) is 5.94. The quantitative estimate of drug-likeness (QED) is 0.622. The molecule has 4 N–H and O–H groups in total. The van der Waals surface area contributed by atoms with Gasteiger partial charge in [-0.25, -0.2) is 4.98 Å². The first-order valence-electron chi connectivity index (χ1n) is 7.70. The van der Waals surface area contributed by atoms with Gasteiger partial charge in [-0.05, 0) is 18.9 Å². The van der Waals surface area contributed by atoms with E-state index in [4.69, 9.17) is 15.4 Å². The smallest absolute Gasteiger partial charge is 0.268 e. The molecule has 1 amide bonds. The van der Waals surface area contributed by atoms with Gasteiger partial charge in [0.15, 0.2) is 5.58 Å². The number of carbonyl (C=O) groups is 1. The van der Waals surface area contributed by atoms with E-state index in [1.54, 1.807) is 18.5 Å². The molecular formula is C17H14N6O2. The van der Waals surface area contributed by atoms with Crippen LogP contribution in [0.4, 0.5) is 0 Å². The Morgan fingerprint density at radius 2 is 2.32 bits per heavy atom. The summed E-state index contributed by atoms with van der Waals surface area (Å²) in [5.74, 6) is -0.281. The van der Waals surface area contributed by atoms with Crippen molar-refractivity contribution in [1.82, 2.24) is 20.5 Å². The van der Waals surface area contributed by atoms with Crippen molar-refractivity contribution in [2.45, 2.75) is 18.4 Å². The zero-order valence-electron chi connectivity index (χ0n) is 13.1. The number of nitrogens with zero attached hydrogens (tertiary/aromatic N) is 3. The molecule has 0 atom stereocenters. The minimum atomic E-state index is -0.773. The zero-order chi connectivity index (χ0) is 17.4. The Labute approximate surface area is 142 Å². The molecule has 0 unspecified atom stereocenters. The maximum absolute atomic E-state index is 12.1. The molecule has 3 aromatic rings. The molecule has 1 aliphatic rings. The Morgan fingerprint density at radius 1 is 1.48 bits per heavy atom. The second kappa shape index (κ2) is 5.49. The molecule has 1 saturated carbocycles. The third kappa shape index (κ3) is 2.72. The molecule has 0 saturated heterocycles. The lowest BCUT2D eigenvalue weighted by Crippen LogP contribution is -2.38. The first-order valence-corrected chi connectivity index (χ1v) is 7.70. The molecule has 0 radical (unpaired) electrons. The fourth-order valence-electron chi connectivity index (χ4n) is 2.54. The van der Waals surface area contributed by atoms with Gasteiger partial charge < -0.3 is 15.5 Å². The number of hydrogen-bond acceptors (Lipinski definition) is 6. The van der Waals surface area contributed by atoms with Gasteiger partial charge in [0.25, 0.3) is 5.91 Å².